The number of anilines is 1. The van der Waals surface area contributed by atoms with Crippen LogP contribution in [0, 0.1) is 17.7 Å². The highest BCUT2D eigenvalue weighted by Gasteiger charge is 2.67. The van der Waals surface area contributed by atoms with E-state index in [9.17, 15) is 45.2 Å². The summed E-state index contributed by atoms with van der Waals surface area (Å²) in [6.07, 6.45) is -4.31. The van der Waals surface area contributed by atoms with Crippen LogP contribution in [-0.4, -0.2) is 77.6 Å². The van der Waals surface area contributed by atoms with Gasteiger partial charge in [0.25, 0.3) is 5.91 Å². The van der Waals surface area contributed by atoms with Gasteiger partial charge in [-0.2, -0.15) is 13.2 Å². The number of nitrogens with one attached hydrogen (secondary N) is 3. The molecule has 2 aromatic carbocycles. The van der Waals surface area contributed by atoms with E-state index in [1.807, 2.05) is 6.07 Å². The van der Waals surface area contributed by atoms with Gasteiger partial charge in [-0.3, -0.25) is 24.0 Å². The van der Waals surface area contributed by atoms with Crippen LogP contribution in [0.3, 0.4) is 0 Å². The van der Waals surface area contributed by atoms with E-state index in [0.717, 1.165) is 34.9 Å². The van der Waals surface area contributed by atoms with Gasteiger partial charge in [-0.1, -0.05) is 30.3 Å². The van der Waals surface area contributed by atoms with Crippen molar-refractivity contribution in [1.82, 2.24) is 19.8 Å². The summed E-state index contributed by atoms with van der Waals surface area (Å²) in [7, 11) is -3.96. The predicted molar refractivity (Wildman–Crippen MR) is 187 cm³/mol. The number of hydrogen-bond donors (Lipinski definition) is 3. The molecule has 1 saturated heterocycles. The van der Waals surface area contributed by atoms with Crippen molar-refractivity contribution in [2.24, 2.45) is 11.8 Å². The van der Waals surface area contributed by atoms with Crippen molar-refractivity contribution in [1.29, 1.82) is 0 Å². The van der Waals surface area contributed by atoms with Gasteiger partial charge in [0.1, 0.15) is 29.5 Å². The van der Waals surface area contributed by atoms with Gasteiger partial charge in [0, 0.05) is 23.7 Å². The molecule has 3 saturated carbocycles. The SMILES string of the molecule is C=C(C)[C@H](Nc1cc(F)cc(C(F)(F)F)c1)C(=O)N1C[C@H](OC(=O)N2Cc3cccc(Cl)c3C2)C[C@H]1C(=O)N[C@]1(C(=O)NS(=O)(=O)C2CC2)C[C@H]1C1CC1. The zero-order chi connectivity index (χ0) is 38.9. The second-order valence-corrected chi connectivity index (χ2v) is 17.3. The quantitative estimate of drug-likeness (QED) is 0.215. The summed E-state index contributed by atoms with van der Waals surface area (Å²) in [4.78, 5) is 58.0. The van der Waals surface area contributed by atoms with Gasteiger partial charge < -0.3 is 20.3 Å². The summed E-state index contributed by atoms with van der Waals surface area (Å²) in [6, 6.07) is 4.16. The molecule has 0 aromatic heterocycles. The van der Waals surface area contributed by atoms with E-state index in [1.165, 1.54) is 11.8 Å². The lowest BCUT2D eigenvalue weighted by atomic mass is 10.1. The maximum absolute atomic E-state index is 14.3. The van der Waals surface area contributed by atoms with E-state index in [-0.39, 0.29) is 55.6 Å². The smallest absolute Gasteiger partial charge is 0.416 e. The van der Waals surface area contributed by atoms with Crippen LogP contribution in [0.15, 0.2) is 48.6 Å². The van der Waals surface area contributed by atoms with Crippen LogP contribution in [0.4, 0.5) is 28.0 Å². The Morgan fingerprint density at radius 3 is 2.43 bits per heavy atom. The van der Waals surface area contributed by atoms with Crippen molar-refractivity contribution in [3.63, 3.8) is 0 Å². The van der Waals surface area contributed by atoms with Crippen LogP contribution in [0.5, 0.6) is 0 Å². The van der Waals surface area contributed by atoms with Gasteiger partial charge in [0.05, 0.1) is 23.9 Å². The number of nitrogens with zero attached hydrogens (tertiary/aromatic N) is 2. The standard InChI is InChI=1S/C36H38ClF4N5O7S/c1-18(2)30(42-23-11-21(36(39,40)41)10-22(38)12-23)32(48)46-16-24(53-34(50)45-15-20-4-3-5-28(37)26(20)17-45)13-29(46)31(47)43-35(14-27(35)19-6-7-19)33(49)44-54(51,52)25-8-9-25/h3-5,10-12,19,24-25,27,29-30,42H,1,6-9,13-17H2,2H3,(H,43,47)(H,44,49)/t24-,27+,29+,30+,35-/m1/s1. The lowest BCUT2D eigenvalue weighted by Gasteiger charge is -2.30. The van der Waals surface area contributed by atoms with Crippen LogP contribution in [0.1, 0.15) is 62.1 Å². The van der Waals surface area contributed by atoms with E-state index < -0.39 is 80.4 Å². The van der Waals surface area contributed by atoms with E-state index in [0.29, 0.717) is 30.0 Å². The first-order valence-electron chi connectivity index (χ1n) is 17.6. The lowest BCUT2D eigenvalue weighted by molar-refractivity contribution is -0.139. The van der Waals surface area contributed by atoms with Crippen molar-refractivity contribution in [2.75, 3.05) is 11.9 Å². The first-order valence-corrected chi connectivity index (χ1v) is 19.5. The molecule has 0 unspecified atom stereocenters. The molecular weight excluding hydrogens is 758 g/mol. The molecule has 3 N–H and O–H groups in total. The Hall–Kier alpha value is -4.38. The third-order valence-corrected chi connectivity index (χ3v) is 12.9. The molecule has 18 heteroatoms. The molecule has 5 atom stereocenters. The molecule has 2 aliphatic heterocycles. The summed E-state index contributed by atoms with van der Waals surface area (Å²) >= 11 is 6.32. The third kappa shape index (κ3) is 7.61. The number of carbonyl (C=O) groups is 4. The zero-order valence-corrected chi connectivity index (χ0v) is 30.6. The summed E-state index contributed by atoms with van der Waals surface area (Å²) in [5, 5.41) is 5.15. The lowest BCUT2D eigenvalue weighted by Crippen LogP contribution is -2.58. The molecule has 54 heavy (non-hydrogen) atoms. The van der Waals surface area contributed by atoms with Crippen LogP contribution in [0.25, 0.3) is 0 Å². The number of alkyl halides is 3. The number of ether oxygens (including phenoxy) is 1. The molecular formula is C36H38ClF4N5O7S. The zero-order valence-electron chi connectivity index (χ0n) is 29.0. The average Bonchev–Trinajstić information content (AvgIpc) is 4.01. The average molecular weight is 796 g/mol. The Kier molecular flexibility index (Phi) is 9.64. The summed E-state index contributed by atoms with van der Waals surface area (Å²) in [5.41, 5.74) is -1.54. The van der Waals surface area contributed by atoms with E-state index in [2.05, 4.69) is 21.9 Å². The van der Waals surface area contributed by atoms with Crippen molar-refractivity contribution >= 4 is 51.1 Å². The second kappa shape index (κ2) is 13.7. The number of benzene rings is 2. The predicted octanol–water partition coefficient (Wildman–Crippen LogP) is 4.87. The Morgan fingerprint density at radius 1 is 1.07 bits per heavy atom. The highest BCUT2D eigenvalue weighted by Crippen LogP contribution is 2.57. The fourth-order valence-electron chi connectivity index (χ4n) is 7.47. The molecule has 7 rings (SSSR count). The number of hydrogen-bond acceptors (Lipinski definition) is 8. The summed E-state index contributed by atoms with van der Waals surface area (Å²) < 4.78 is 88.3. The van der Waals surface area contributed by atoms with Gasteiger partial charge in [-0.25, -0.2) is 17.6 Å². The topological polar surface area (TPSA) is 154 Å². The number of carbonyl (C=O) groups excluding carboxylic acids is 4. The van der Waals surface area contributed by atoms with Gasteiger partial charge >= 0.3 is 12.3 Å². The molecule has 12 nitrogen and oxygen atoms in total. The second-order valence-electron chi connectivity index (χ2n) is 14.9. The minimum absolute atomic E-state index is 0.0950. The number of fused-ring (bicyclic) bond motifs is 1. The van der Waals surface area contributed by atoms with Crippen LogP contribution >= 0.6 is 11.6 Å². The Balaban J connectivity index is 1.14. The molecule has 290 valence electrons. The highest BCUT2D eigenvalue weighted by molar-refractivity contribution is 7.91. The normalized spacial score (nSPS) is 25.4. The molecule has 2 heterocycles. The monoisotopic (exact) mass is 795 g/mol. The van der Waals surface area contributed by atoms with Crippen molar-refractivity contribution in [2.45, 2.75) is 93.7 Å². The van der Waals surface area contributed by atoms with Gasteiger partial charge in [-0.15, -0.1) is 0 Å². The minimum Gasteiger partial charge on any atom is -0.444 e. The van der Waals surface area contributed by atoms with Crippen molar-refractivity contribution < 1.29 is 49.9 Å². The van der Waals surface area contributed by atoms with E-state index in [4.69, 9.17) is 16.3 Å². The first kappa shape index (κ1) is 37.9. The van der Waals surface area contributed by atoms with Crippen LogP contribution in [-0.2, 0) is 48.4 Å². The molecule has 0 radical (unpaired) electrons. The molecule has 4 amide bonds. The highest BCUT2D eigenvalue weighted by atomic mass is 35.5. The Morgan fingerprint density at radius 2 is 1.80 bits per heavy atom. The number of sulfonamides is 1. The van der Waals surface area contributed by atoms with Crippen LogP contribution in [0.2, 0.25) is 5.02 Å². The van der Waals surface area contributed by atoms with E-state index >= 15 is 0 Å². The van der Waals surface area contributed by atoms with Gasteiger partial charge in [0.2, 0.25) is 21.8 Å². The molecule has 3 aliphatic carbocycles. The van der Waals surface area contributed by atoms with E-state index in [1.54, 1.807) is 12.1 Å². The number of rotatable bonds is 11. The largest absolute Gasteiger partial charge is 0.444 e. The molecule has 5 aliphatic rings. The first-order chi connectivity index (χ1) is 25.4. The maximum atomic E-state index is 14.3. The number of likely N-dealkylation sites (tertiary alicyclic amines) is 1. The van der Waals surface area contributed by atoms with Crippen molar-refractivity contribution in [3.05, 3.63) is 76.1 Å². The van der Waals surface area contributed by atoms with Gasteiger partial charge in [0.15, 0.2) is 0 Å². The molecule has 0 spiro atoms. The van der Waals surface area contributed by atoms with Crippen molar-refractivity contribution in [3.8, 4) is 0 Å². The fraction of sp³-hybridized carbons (Fsp3) is 0.500. The third-order valence-electron chi connectivity index (χ3n) is 10.7. The molecule has 2 aromatic rings. The Labute approximate surface area is 313 Å². The number of amides is 4. The maximum Gasteiger partial charge on any atom is 0.416 e. The van der Waals surface area contributed by atoms with Gasteiger partial charge in [-0.05, 0) is 91.8 Å². The summed E-state index contributed by atoms with van der Waals surface area (Å²) in [5.74, 6) is -3.97. The Bertz CT molecular complexity index is 2040. The molecule has 4 fully saturated rings. The number of halogens is 5. The minimum atomic E-state index is -4.89. The molecule has 0 bridgehead atoms. The summed E-state index contributed by atoms with van der Waals surface area (Å²) in [6.45, 7) is 5.25. The van der Waals surface area contributed by atoms with Crippen LogP contribution < -0.4 is 15.4 Å². The fourth-order valence-corrected chi connectivity index (χ4v) is 9.09.